The predicted molar refractivity (Wildman–Crippen MR) is 135 cm³/mol. The third-order valence-electron chi connectivity index (χ3n) is 5.62. The minimum Gasteiger partial charge on any atom is -0.355 e. The van der Waals surface area contributed by atoms with E-state index in [1.807, 2.05) is 36.4 Å². The second kappa shape index (κ2) is 8.30. The van der Waals surface area contributed by atoms with E-state index in [1.165, 1.54) is 21.8 Å². The van der Waals surface area contributed by atoms with E-state index in [9.17, 15) is 0 Å². The van der Waals surface area contributed by atoms with Crippen molar-refractivity contribution in [3.8, 4) is 11.1 Å². The van der Waals surface area contributed by atoms with Gasteiger partial charge in [0.1, 0.15) is 0 Å². The van der Waals surface area contributed by atoms with E-state index < -0.39 is 0 Å². The summed E-state index contributed by atoms with van der Waals surface area (Å²) in [5, 5.41) is 7.49. The Hall–Kier alpha value is -2.94. The molecule has 0 spiro atoms. The Bertz CT molecular complexity index is 1370. The highest BCUT2D eigenvalue weighted by Crippen LogP contribution is 2.39. The summed E-state index contributed by atoms with van der Waals surface area (Å²) in [7, 11) is 0. The van der Waals surface area contributed by atoms with Crippen LogP contribution >= 0.6 is 23.2 Å². The van der Waals surface area contributed by atoms with Gasteiger partial charge in [0.15, 0.2) is 0 Å². The third-order valence-corrected chi connectivity index (χ3v) is 6.11. The normalized spacial score (nSPS) is 11.3. The minimum absolute atomic E-state index is 0.730. The first-order chi connectivity index (χ1) is 15.1. The lowest BCUT2D eigenvalue weighted by atomic mass is 10.00. The first-order valence-electron chi connectivity index (χ1n) is 10.5. The van der Waals surface area contributed by atoms with Gasteiger partial charge in [-0.15, -0.1) is 0 Å². The molecule has 4 aromatic carbocycles. The Balaban J connectivity index is 1.81. The molecule has 0 bridgehead atoms. The van der Waals surface area contributed by atoms with Crippen LogP contribution in [0.15, 0.2) is 84.9 Å². The van der Waals surface area contributed by atoms with Crippen LogP contribution in [0, 0.1) is 0 Å². The maximum absolute atomic E-state index is 6.38. The van der Waals surface area contributed by atoms with Crippen LogP contribution < -0.4 is 5.32 Å². The number of benzene rings is 4. The van der Waals surface area contributed by atoms with Gasteiger partial charge in [0.05, 0.1) is 5.52 Å². The molecule has 31 heavy (non-hydrogen) atoms. The van der Waals surface area contributed by atoms with Gasteiger partial charge in [-0.05, 0) is 66.6 Å². The molecule has 1 aromatic heterocycles. The first kappa shape index (κ1) is 20.0. The van der Waals surface area contributed by atoms with Crippen molar-refractivity contribution in [2.45, 2.75) is 19.9 Å². The SMILES string of the molecule is CCCn1c2ccc(Cl)cc2c2cc(-c3ccc(Cl)cc3)c(Nc3ccccc3)cc21. The molecule has 1 N–H and O–H groups in total. The number of rotatable bonds is 5. The average Bonchev–Trinajstić information content (AvgIpc) is 3.07. The molecular weight excluding hydrogens is 423 g/mol. The van der Waals surface area contributed by atoms with E-state index in [-0.39, 0.29) is 0 Å². The Morgan fingerprint density at radius 1 is 0.742 bits per heavy atom. The highest BCUT2D eigenvalue weighted by Gasteiger charge is 2.16. The Morgan fingerprint density at radius 3 is 2.19 bits per heavy atom. The van der Waals surface area contributed by atoms with Crippen LogP contribution in [0.2, 0.25) is 10.0 Å². The van der Waals surface area contributed by atoms with Gasteiger partial charge in [-0.1, -0.05) is 60.5 Å². The van der Waals surface area contributed by atoms with Crippen molar-refractivity contribution in [1.82, 2.24) is 4.57 Å². The van der Waals surface area contributed by atoms with Crippen LogP contribution in [0.4, 0.5) is 11.4 Å². The third kappa shape index (κ3) is 3.78. The highest BCUT2D eigenvalue weighted by molar-refractivity contribution is 6.32. The highest BCUT2D eigenvalue weighted by atomic mass is 35.5. The number of anilines is 2. The molecule has 0 aliphatic carbocycles. The van der Waals surface area contributed by atoms with Gasteiger partial charge in [-0.2, -0.15) is 0 Å². The van der Waals surface area contributed by atoms with Crippen molar-refractivity contribution in [1.29, 1.82) is 0 Å². The van der Waals surface area contributed by atoms with Gasteiger partial charge in [0, 0.05) is 49.8 Å². The fourth-order valence-corrected chi connectivity index (χ4v) is 4.53. The van der Waals surface area contributed by atoms with E-state index in [2.05, 4.69) is 65.3 Å². The molecule has 154 valence electrons. The maximum atomic E-state index is 6.38. The van der Waals surface area contributed by atoms with E-state index >= 15 is 0 Å². The molecule has 0 atom stereocenters. The molecule has 0 unspecified atom stereocenters. The molecule has 1 heterocycles. The lowest BCUT2D eigenvalue weighted by Gasteiger charge is -2.15. The zero-order chi connectivity index (χ0) is 21.4. The molecule has 5 aromatic rings. The molecule has 5 rings (SSSR count). The van der Waals surface area contributed by atoms with E-state index in [0.717, 1.165) is 45.5 Å². The summed E-state index contributed by atoms with van der Waals surface area (Å²) in [5.74, 6) is 0. The molecule has 0 fully saturated rings. The van der Waals surface area contributed by atoms with Crippen LogP contribution in [0.25, 0.3) is 32.9 Å². The largest absolute Gasteiger partial charge is 0.355 e. The Morgan fingerprint density at radius 2 is 1.45 bits per heavy atom. The van der Waals surface area contributed by atoms with E-state index in [4.69, 9.17) is 23.2 Å². The molecule has 0 saturated carbocycles. The molecule has 0 radical (unpaired) electrons. The topological polar surface area (TPSA) is 17.0 Å². The average molecular weight is 445 g/mol. The predicted octanol–water partition coefficient (Wildman–Crippen LogP) is 8.92. The van der Waals surface area contributed by atoms with Crippen LogP contribution in [0.3, 0.4) is 0 Å². The van der Waals surface area contributed by atoms with Crippen molar-refractivity contribution >= 4 is 56.4 Å². The number of aromatic nitrogens is 1. The summed E-state index contributed by atoms with van der Waals surface area (Å²) in [6, 6.07) is 29.0. The number of fused-ring (bicyclic) bond motifs is 3. The standard InChI is InChI=1S/C27H22Cl2N2/c1-2-14-31-26-13-12-20(29)15-23(26)24-16-22(18-8-10-19(28)11-9-18)25(17-27(24)31)30-21-6-4-3-5-7-21/h3-13,15-17,30H,2,14H2,1H3. The molecule has 0 aliphatic rings. The number of nitrogens with zero attached hydrogens (tertiary/aromatic N) is 1. The number of para-hydroxylation sites is 1. The summed E-state index contributed by atoms with van der Waals surface area (Å²) in [6.45, 7) is 3.16. The number of aryl methyl sites for hydroxylation is 1. The summed E-state index contributed by atoms with van der Waals surface area (Å²) in [6.07, 6.45) is 1.06. The molecule has 0 amide bonds. The quantitative estimate of drug-likeness (QED) is 0.286. The van der Waals surface area contributed by atoms with Crippen molar-refractivity contribution < 1.29 is 0 Å². The molecule has 2 nitrogen and oxygen atoms in total. The summed E-state index contributed by atoms with van der Waals surface area (Å²) in [5.41, 5.74) is 6.77. The van der Waals surface area contributed by atoms with E-state index in [1.54, 1.807) is 0 Å². The zero-order valence-electron chi connectivity index (χ0n) is 17.2. The number of hydrogen-bond donors (Lipinski definition) is 1. The van der Waals surface area contributed by atoms with Crippen molar-refractivity contribution in [3.63, 3.8) is 0 Å². The zero-order valence-corrected chi connectivity index (χ0v) is 18.7. The lowest BCUT2D eigenvalue weighted by molar-refractivity contribution is 0.724. The lowest BCUT2D eigenvalue weighted by Crippen LogP contribution is -1.98. The molecule has 0 aliphatic heterocycles. The maximum Gasteiger partial charge on any atom is 0.0512 e. The van der Waals surface area contributed by atoms with Crippen molar-refractivity contribution in [3.05, 3.63) is 95.0 Å². The number of hydrogen-bond acceptors (Lipinski definition) is 1. The molecule has 4 heteroatoms. The van der Waals surface area contributed by atoms with Crippen molar-refractivity contribution in [2.24, 2.45) is 0 Å². The smallest absolute Gasteiger partial charge is 0.0512 e. The summed E-state index contributed by atoms with van der Waals surface area (Å²) >= 11 is 12.5. The number of halogens is 2. The number of nitrogens with one attached hydrogen (secondary N) is 1. The molecular formula is C27H22Cl2N2. The minimum atomic E-state index is 0.730. The van der Waals surface area contributed by atoms with Gasteiger partial charge in [0.2, 0.25) is 0 Å². The Kier molecular flexibility index (Phi) is 5.35. The van der Waals surface area contributed by atoms with Crippen LogP contribution in [-0.4, -0.2) is 4.57 Å². The van der Waals surface area contributed by atoms with Gasteiger partial charge in [-0.25, -0.2) is 0 Å². The summed E-state index contributed by atoms with van der Waals surface area (Å²) < 4.78 is 2.39. The van der Waals surface area contributed by atoms with Gasteiger partial charge < -0.3 is 9.88 Å². The second-order valence-corrected chi connectivity index (χ2v) is 8.60. The second-order valence-electron chi connectivity index (χ2n) is 7.73. The van der Waals surface area contributed by atoms with Gasteiger partial charge >= 0.3 is 0 Å². The van der Waals surface area contributed by atoms with Crippen LogP contribution in [-0.2, 0) is 6.54 Å². The van der Waals surface area contributed by atoms with Crippen LogP contribution in [0.1, 0.15) is 13.3 Å². The molecule has 0 saturated heterocycles. The van der Waals surface area contributed by atoms with Crippen LogP contribution in [0.5, 0.6) is 0 Å². The Labute approximate surface area is 192 Å². The fraction of sp³-hybridized carbons (Fsp3) is 0.111. The van der Waals surface area contributed by atoms with Crippen molar-refractivity contribution in [2.75, 3.05) is 5.32 Å². The summed E-state index contributed by atoms with van der Waals surface area (Å²) in [4.78, 5) is 0. The first-order valence-corrected chi connectivity index (χ1v) is 11.2. The fourth-order valence-electron chi connectivity index (χ4n) is 4.23. The van der Waals surface area contributed by atoms with Gasteiger partial charge in [-0.3, -0.25) is 0 Å². The van der Waals surface area contributed by atoms with E-state index in [0.29, 0.717) is 0 Å². The monoisotopic (exact) mass is 444 g/mol. The van der Waals surface area contributed by atoms with Gasteiger partial charge in [0.25, 0.3) is 0 Å².